The Balaban J connectivity index is 1.19. The highest BCUT2D eigenvalue weighted by Crippen LogP contribution is 2.34. The van der Waals surface area contributed by atoms with E-state index < -0.39 is 11.7 Å². The van der Waals surface area contributed by atoms with Gasteiger partial charge in [-0.05, 0) is 41.9 Å². The van der Waals surface area contributed by atoms with Crippen molar-refractivity contribution in [1.82, 2.24) is 23.9 Å². The summed E-state index contributed by atoms with van der Waals surface area (Å²) in [5.41, 5.74) is 3.94. The predicted octanol–water partition coefficient (Wildman–Crippen LogP) is 4.64. The minimum atomic E-state index is -4.51. The highest BCUT2D eigenvalue weighted by Gasteiger charge is 2.34. The third-order valence-electron chi connectivity index (χ3n) is 7.78. The van der Waals surface area contributed by atoms with Gasteiger partial charge in [0, 0.05) is 69.6 Å². The van der Waals surface area contributed by atoms with Crippen LogP contribution in [0.4, 0.5) is 13.2 Å². The van der Waals surface area contributed by atoms with Gasteiger partial charge in [0.25, 0.3) is 0 Å². The van der Waals surface area contributed by atoms with E-state index in [0.29, 0.717) is 12.1 Å². The number of imidazole rings is 1. The first-order chi connectivity index (χ1) is 18.2. The molecule has 1 fully saturated rings. The van der Waals surface area contributed by atoms with Crippen LogP contribution in [-0.4, -0.2) is 62.9 Å². The second-order valence-electron chi connectivity index (χ2n) is 10.5. The first kappa shape index (κ1) is 24.9. The lowest BCUT2D eigenvalue weighted by molar-refractivity contribution is -0.138. The molecule has 0 saturated carbocycles. The number of halogens is 3. The number of piperazine rings is 1. The van der Waals surface area contributed by atoms with E-state index in [1.54, 1.807) is 6.07 Å². The number of fused-ring (bicyclic) bond motifs is 5. The Bertz CT molecular complexity index is 1490. The first-order valence-electron chi connectivity index (χ1n) is 13.0. The topological polar surface area (TPSA) is 46.3 Å². The van der Waals surface area contributed by atoms with Crippen LogP contribution >= 0.6 is 0 Å². The minimum absolute atomic E-state index is 0.0408. The van der Waals surface area contributed by atoms with Crippen LogP contribution in [0.5, 0.6) is 0 Å². The maximum absolute atomic E-state index is 14.0. The number of nitrogens with zero attached hydrogens (tertiary/aromatic N) is 5. The fraction of sp³-hybridized carbons (Fsp3) is 0.379. The van der Waals surface area contributed by atoms with Crippen molar-refractivity contribution in [3.63, 3.8) is 0 Å². The second-order valence-corrected chi connectivity index (χ2v) is 10.5. The number of Topliss-reactive ketones (excluding diaryl/α,β-unsaturated/α-hetero) is 1. The van der Waals surface area contributed by atoms with Crippen LogP contribution in [0.1, 0.15) is 22.3 Å². The third-order valence-corrected chi connectivity index (χ3v) is 7.78. The van der Waals surface area contributed by atoms with Crippen LogP contribution < -0.4 is 0 Å². The van der Waals surface area contributed by atoms with Gasteiger partial charge in [-0.15, -0.1) is 0 Å². The number of hydrogen-bond acceptors (Lipinski definition) is 4. The van der Waals surface area contributed by atoms with Crippen molar-refractivity contribution >= 4 is 16.7 Å². The average Bonchev–Trinajstić information content (AvgIpc) is 3.50. The van der Waals surface area contributed by atoms with E-state index in [-0.39, 0.29) is 24.2 Å². The van der Waals surface area contributed by atoms with Gasteiger partial charge in [0.1, 0.15) is 5.78 Å². The Hall–Kier alpha value is -3.43. The van der Waals surface area contributed by atoms with Crippen molar-refractivity contribution < 1.29 is 18.0 Å². The summed E-state index contributed by atoms with van der Waals surface area (Å²) in [5.74, 6) is -0.231. The molecule has 0 unspecified atom stereocenters. The maximum Gasteiger partial charge on any atom is 0.416 e. The quantitative estimate of drug-likeness (QED) is 0.371. The average molecular weight is 522 g/mol. The lowest BCUT2D eigenvalue weighted by Gasteiger charge is -2.32. The van der Waals surface area contributed by atoms with E-state index in [2.05, 4.69) is 30.0 Å². The van der Waals surface area contributed by atoms with Gasteiger partial charge in [-0.2, -0.15) is 13.2 Å². The SMILES string of the molecule is CN1CCN(Cc2ccc(CC(=O)Cc3ccc4cc5n(c4c3)CCn3cncc3-5)c(C(F)(F)F)c2)CC1. The number of aryl methyl sites for hydroxylation is 2. The molecule has 0 bridgehead atoms. The summed E-state index contributed by atoms with van der Waals surface area (Å²) in [5, 5.41) is 1.07. The lowest BCUT2D eigenvalue weighted by Crippen LogP contribution is -2.43. The van der Waals surface area contributed by atoms with Gasteiger partial charge < -0.3 is 14.0 Å². The summed E-state index contributed by atoms with van der Waals surface area (Å²) in [4.78, 5) is 21.6. The zero-order valence-corrected chi connectivity index (χ0v) is 21.3. The van der Waals surface area contributed by atoms with Gasteiger partial charge in [-0.1, -0.05) is 24.3 Å². The van der Waals surface area contributed by atoms with Gasteiger partial charge in [-0.3, -0.25) is 9.69 Å². The molecule has 6 nitrogen and oxygen atoms in total. The van der Waals surface area contributed by atoms with Crippen LogP contribution in [0, 0.1) is 0 Å². The van der Waals surface area contributed by atoms with Crippen LogP contribution in [0.15, 0.2) is 55.0 Å². The molecule has 2 aromatic heterocycles. The van der Waals surface area contributed by atoms with E-state index in [0.717, 1.165) is 67.1 Å². The van der Waals surface area contributed by atoms with E-state index in [1.807, 2.05) is 37.8 Å². The number of ketones is 1. The molecule has 0 atom stereocenters. The Labute approximate surface area is 219 Å². The molecule has 0 N–H and O–H groups in total. The van der Waals surface area contributed by atoms with Crippen molar-refractivity contribution in [1.29, 1.82) is 0 Å². The molecule has 2 aliphatic heterocycles. The van der Waals surface area contributed by atoms with E-state index in [9.17, 15) is 18.0 Å². The maximum atomic E-state index is 14.0. The highest BCUT2D eigenvalue weighted by atomic mass is 19.4. The van der Waals surface area contributed by atoms with Gasteiger partial charge in [0.05, 0.1) is 29.5 Å². The number of alkyl halides is 3. The molecule has 0 radical (unpaired) electrons. The normalized spacial score (nSPS) is 16.5. The molecule has 2 aromatic carbocycles. The molecule has 198 valence electrons. The molecule has 4 aromatic rings. The second kappa shape index (κ2) is 9.71. The summed E-state index contributed by atoms with van der Waals surface area (Å²) in [6.07, 6.45) is -0.982. The molecule has 0 aliphatic carbocycles. The van der Waals surface area contributed by atoms with Crippen LogP contribution in [0.25, 0.3) is 22.3 Å². The summed E-state index contributed by atoms with van der Waals surface area (Å²) in [6.45, 7) is 5.57. The van der Waals surface area contributed by atoms with Crippen molar-refractivity contribution in [2.45, 2.75) is 38.7 Å². The molecule has 0 spiro atoms. The van der Waals surface area contributed by atoms with Crippen molar-refractivity contribution in [3.8, 4) is 11.4 Å². The third kappa shape index (κ3) is 4.88. The zero-order valence-electron chi connectivity index (χ0n) is 21.3. The van der Waals surface area contributed by atoms with Crippen molar-refractivity contribution in [2.24, 2.45) is 0 Å². The number of hydrogen-bond donors (Lipinski definition) is 0. The molecule has 38 heavy (non-hydrogen) atoms. The number of benzene rings is 2. The van der Waals surface area contributed by atoms with E-state index >= 15 is 0 Å². The lowest BCUT2D eigenvalue weighted by atomic mass is 9.96. The number of rotatable bonds is 6. The molecule has 6 rings (SSSR count). The largest absolute Gasteiger partial charge is 0.416 e. The smallest absolute Gasteiger partial charge is 0.337 e. The standard InChI is InChI=1S/C29H30F3N5O/c1-34-6-8-35(9-7-34)18-21-3-4-22(25(13-21)29(30,31)32)15-24(38)12-20-2-5-23-16-27-28-17-33-19-36(28)10-11-37(27)26(23)14-20/h2-5,13-14,16-17,19H,6-12,15,18H2,1H3. The van der Waals surface area contributed by atoms with Crippen LogP contribution in [0.2, 0.25) is 0 Å². The zero-order chi connectivity index (χ0) is 26.4. The number of carbonyl (C=O) groups is 1. The summed E-state index contributed by atoms with van der Waals surface area (Å²) >= 11 is 0. The van der Waals surface area contributed by atoms with Gasteiger partial charge in [0.2, 0.25) is 0 Å². The number of aromatic nitrogens is 3. The van der Waals surface area contributed by atoms with Crippen LogP contribution in [-0.2, 0) is 43.4 Å². The fourth-order valence-electron chi connectivity index (χ4n) is 5.69. The first-order valence-corrected chi connectivity index (χ1v) is 13.0. The number of carbonyl (C=O) groups excluding carboxylic acids is 1. The molecule has 1 saturated heterocycles. The van der Waals surface area contributed by atoms with Gasteiger partial charge in [-0.25, -0.2) is 4.98 Å². The predicted molar refractivity (Wildman–Crippen MR) is 140 cm³/mol. The summed E-state index contributed by atoms with van der Waals surface area (Å²) in [6, 6.07) is 12.4. The van der Waals surface area contributed by atoms with Crippen LogP contribution in [0.3, 0.4) is 0 Å². The molecule has 2 aliphatic rings. The molecular weight excluding hydrogens is 491 g/mol. The highest BCUT2D eigenvalue weighted by molar-refractivity contribution is 5.89. The molecular formula is C29H30F3N5O. The summed E-state index contributed by atoms with van der Waals surface area (Å²) in [7, 11) is 2.05. The van der Waals surface area contributed by atoms with Crippen molar-refractivity contribution in [2.75, 3.05) is 33.2 Å². The van der Waals surface area contributed by atoms with Crippen molar-refractivity contribution in [3.05, 3.63) is 77.2 Å². The van der Waals surface area contributed by atoms with E-state index in [4.69, 9.17) is 0 Å². The Morgan fingerprint density at radius 1 is 0.895 bits per heavy atom. The monoisotopic (exact) mass is 521 g/mol. The summed E-state index contributed by atoms with van der Waals surface area (Å²) < 4.78 is 46.3. The Morgan fingerprint density at radius 3 is 2.47 bits per heavy atom. The van der Waals surface area contributed by atoms with Gasteiger partial charge >= 0.3 is 6.18 Å². The number of likely N-dealkylation sites (N-methyl/N-ethyl adjacent to an activating group) is 1. The fourth-order valence-corrected chi connectivity index (χ4v) is 5.69. The molecule has 4 heterocycles. The van der Waals surface area contributed by atoms with Gasteiger partial charge in [0.15, 0.2) is 0 Å². The van der Waals surface area contributed by atoms with E-state index in [1.165, 1.54) is 12.1 Å². The Kier molecular flexibility index (Phi) is 6.36. The Morgan fingerprint density at radius 2 is 1.68 bits per heavy atom. The minimum Gasteiger partial charge on any atom is -0.337 e. The molecule has 9 heteroatoms. The molecule has 0 amide bonds.